The fraction of sp³-hybridized carbons (Fsp3) is 0. The second-order valence-electron chi connectivity index (χ2n) is 4.38. The summed E-state index contributed by atoms with van der Waals surface area (Å²) in [5.41, 5.74) is 0. The van der Waals surface area contributed by atoms with Gasteiger partial charge in [-0.15, -0.1) is 0 Å². The Kier molecular flexibility index (Phi) is 3.11. The number of hydrogen-bond acceptors (Lipinski definition) is 0. The molecular weight excluding hydrogens is 234 g/mol. The zero-order chi connectivity index (χ0) is 12.2. The number of rotatable bonds is 3. The van der Waals surface area contributed by atoms with Crippen LogP contribution in [0.15, 0.2) is 79.0 Å². The van der Waals surface area contributed by atoms with Crippen LogP contribution < -0.4 is 15.7 Å². The first-order chi connectivity index (χ1) is 8.95. The van der Waals surface area contributed by atoms with Gasteiger partial charge in [-0.2, -0.15) is 0 Å². The third-order valence-corrected chi connectivity index (χ3v) is 6.28. The molecule has 0 bridgehead atoms. The minimum Gasteiger partial charge on any atom is -0.368 e. The molecule has 1 heterocycles. The van der Waals surface area contributed by atoms with E-state index in [0.29, 0.717) is 0 Å². The van der Waals surface area contributed by atoms with Gasteiger partial charge < -0.3 is 4.98 Å². The van der Waals surface area contributed by atoms with Gasteiger partial charge in [0.25, 0.3) is 0 Å². The van der Waals surface area contributed by atoms with E-state index in [1.54, 1.807) is 0 Å². The molecule has 1 N–H and O–H groups in total. The highest BCUT2D eigenvalue weighted by molar-refractivity contribution is 6.95. The minimum atomic E-state index is -1.32. The number of hydrogen-bond donors (Lipinski definition) is 1. The molecule has 0 aliphatic rings. The molecule has 3 rings (SSSR count). The molecule has 0 atom stereocenters. The third-order valence-electron chi connectivity index (χ3n) is 3.20. The second kappa shape index (κ2) is 5.06. The van der Waals surface area contributed by atoms with E-state index in [4.69, 9.17) is 0 Å². The standard InChI is InChI=1S/C16H15NSi/c1-3-8-14(9-4-1)18(16-12-7-13-17-16)15-10-5-2-6-11-15/h1-13,17-18H. The number of H-pyrrole nitrogens is 1. The SMILES string of the molecule is c1ccc([SiH](c2ccccc2)c2ccc[nH]2)cc1. The van der Waals surface area contributed by atoms with Gasteiger partial charge in [0.1, 0.15) is 0 Å². The van der Waals surface area contributed by atoms with E-state index in [9.17, 15) is 0 Å². The summed E-state index contributed by atoms with van der Waals surface area (Å²) in [6.07, 6.45) is 2.02. The summed E-state index contributed by atoms with van der Waals surface area (Å²) in [4.78, 5) is 3.40. The molecule has 0 spiro atoms. The molecule has 88 valence electrons. The highest BCUT2D eigenvalue weighted by Gasteiger charge is 2.18. The largest absolute Gasteiger partial charge is 0.368 e. The van der Waals surface area contributed by atoms with E-state index in [-0.39, 0.29) is 0 Å². The lowest BCUT2D eigenvalue weighted by molar-refractivity contribution is 1.46. The maximum Gasteiger partial charge on any atom is 0.152 e. The molecule has 0 aliphatic carbocycles. The van der Waals surface area contributed by atoms with Crippen LogP contribution in [0.4, 0.5) is 0 Å². The first-order valence-electron chi connectivity index (χ1n) is 6.18. The predicted molar refractivity (Wildman–Crippen MR) is 79.7 cm³/mol. The topological polar surface area (TPSA) is 15.8 Å². The summed E-state index contributed by atoms with van der Waals surface area (Å²) >= 11 is 0. The van der Waals surface area contributed by atoms with Crippen molar-refractivity contribution < 1.29 is 0 Å². The molecule has 0 saturated heterocycles. The van der Waals surface area contributed by atoms with E-state index in [1.165, 1.54) is 15.7 Å². The van der Waals surface area contributed by atoms with Crippen molar-refractivity contribution in [2.45, 2.75) is 0 Å². The Morgan fingerprint density at radius 1 is 0.611 bits per heavy atom. The molecule has 2 heteroatoms. The van der Waals surface area contributed by atoms with Gasteiger partial charge in [-0.1, -0.05) is 71.0 Å². The van der Waals surface area contributed by atoms with Crippen LogP contribution in [0.1, 0.15) is 0 Å². The van der Waals surface area contributed by atoms with Crippen LogP contribution in [-0.2, 0) is 0 Å². The van der Waals surface area contributed by atoms with Crippen LogP contribution in [0.2, 0.25) is 0 Å². The Bertz CT molecular complexity index is 548. The van der Waals surface area contributed by atoms with Crippen molar-refractivity contribution in [3.05, 3.63) is 79.0 Å². The van der Waals surface area contributed by atoms with Gasteiger partial charge in [0.05, 0.1) is 0 Å². The van der Waals surface area contributed by atoms with Crippen molar-refractivity contribution in [2.24, 2.45) is 0 Å². The number of aromatic amines is 1. The summed E-state index contributed by atoms with van der Waals surface area (Å²) in [6, 6.07) is 25.9. The van der Waals surface area contributed by atoms with E-state index in [2.05, 4.69) is 77.8 Å². The number of benzene rings is 2. The van der Waals surface area contributed by atoms with E-state index >= 15 is 0 Å². The summed E-state index contributed by atoms with van der Waals surface area (Å²) in [5, 5.41) is 4.27. The average molecular weight is 249 g/mol. The monoisotopic (exact) mass is 249 g/mol. The first kappa shape index (κ1) is 11.1. The van der Waals surface area contributed by atoms with E-state index in [1.807, 2.05) is 6.20 Å². The van der Waals surface area contributed by atoms with E-state index in [0.717, 1.165) is 0 Å². The average Bonchev–Trinajstić information content (AvgIpc) is 2.95. The highest BCUT2D eigenvalue weighted by atomic mass is 28.3. The van der Waals surface area contributed by atoms with Crippen molar-refractivity contribution >= 4 is 24.5 Å². The minimum absolute atomic E-state index is 1.32. The molecule has 0 fully saturated rings. The Balaban J connectivity index is 2.11. The number of aromatic nitrogens is 1. The van der Waals surface area contributed by atoms with Crippen LogP contribution in [0.5, 0.6) is 0 Å². The smallest absolute Gasteiger partial charge is 0.152 e. The molecule has 3 aromatic rings. The van der Waals surface area contributed by atoms with Crippen molar-refractivity contribution in [1.29, 1.82) is 0 Å². The zero-order valence-electron chi connectivity index (χ0n) is 10.1. The second-order valence-corrected chi connectivity index (χ2v) is 7.20. The molecule has 18 heavy (non-hydrogen) atoms. The van der Waals surface area contributed by atoms with E-state index < -0.39 is 8.80 Å². The lowest BCUT2D eigenvalue weighted by atomic mass is 10.4. The molecule has 1 aromatic heterocycles. The normalized spacial score (nSPS) is 10.7. The molecule has 0 saturated carbocycles. The Morgan fingerprint density at radius 3 is 1.61 bits per heavy atom. The van der Waals surface area contributed by atoms with Gasteiger partial charge >= 0.3 is 0 Å². The Hall–Kier alpha value is -2.06. The summed E-state index contributed by atoms with van der Waals surface area (Å²) in [6.45, 7) is 0. The predicted octanol–water partition coefficient (Wildman–Crippen LogP) is 1.26. The maximum atomic E-state index is 3.40. The van der Waals surface area contributed by atoms with Crippen LogP contribution in [0.3, 0.4) is 0 Å². The zero-order valence-corrected chi connectivity index (χ0v) is 11.2. The van der Waals surface area contributed by atoms with Crippen LogP contribution in [-0.4, -0.2) is 13.8 Å². The van der Waals surface area contributed by atoms with Gasteiger partial charge in [-0.3, -0.25) is 0 Å². The molecule has 0 aliphatic heterocycles. The lowest BCUT2D eigenvalue weighted by Gasteiger charge is -2.15. The third kappa shape index (κ3) is 2.15. The summed E-state index contributed by atoms with van der Waals surface area (Å²) < 4.78 is 0. The van der Waals surface area contributed by atoms with Crippen LogP contribution >= 0.6 is 0 Å². The van der Waals surface area contributed by atoms with Crippen molar-refractivity contribution in [2.75, 3.05) is 0 Å². The molecular formula is C16H15NSi. The molecule has 0 unspecified atom stereocenters. The Labute approximate surface area is 109 Å². The van der Waals surface area contributed by atoms with Crippen molar-refractivity contribution in [3.8, 4) is 0 Å². The van der Waals surface area contributed by atoms with Gasteiger partial charge in [0.2, 0.25) is 0 Å². The fourth-order valence-electron chi connectivity index (χ4n) is 2.37. The first-order valence-corrected chi connectivity index (χ1v) is 7.91. The Morgan fingerprint density at radius 2 is 1.17 bits per heavy atom. The molecule has 2 aromatic carbocycles. The summed E-state index contributed by atoms with van der Waals surface area (Å²) in [7, 11) is -1.32. The van der Waals surface area contributed by atoms with Gasteiger partial charge in [-0.05, 0) is 12.1 Å². The fourth-order valence-corrected chi connectivity index (χ4v) is 5.25. The van der Waals surface area contributed by atoms with Crippen LogP contribution in [0.25, 0.3) is 0 Å². The van der Waals surface area contributed by atoms with Crippen molar-refractivity contribution in [3.63, 3.8) is 0 Å². The molecule has 1 nitrogen and oxygen atoms in total. The van der Waals surface area contributed by atoms with Crippen molar-refractivity contribution in [1.82, 2.24) is 4.98 Å². The number of nitrogens with one attached hydrogen (secondary N) is 1. The van der Waals surface area contributed by atoms with Crippen LogP contribution in [0, 0.1) is 0 Å². The lowest BCUT2D eigenvalue weighted by Crippen LogP contribution is -2.52. The highest BCUT2D eigenvalue weighted by Crippen LogP contribution is 1.93. The van der Waals surface area contributed by atoms with Gasteiger partial charge in [0.15, 0.2) is 8.80 Å². The quantitative estimate of drug-likeness (QED) is 0.673. The maximum absolute atomic E-state index is 3.40. The summed E-state index contributed by atoms with van der Waals surface area (Å²) in [5.74, 6) is 0. The van der Waals surface area contributed by atoms with Gasteiger partial charge in [-0.25, -0.2) is 0 Å². The molecule has 0 amide bonds. The molecule has 0 radical (unpaired) electrons. The van der Waals surface area contributed by atoms with Gasteiger partial charge in [0, 0.05) is 11.5 Å².